The molecule has 138 valence electrons. The molecule has 2 amide bonds. The molecule has 0 saturated heterocycles. The van der Waals surface area contributed by atoms with Crippen LogP contribution in [0.2, 0.25) is 0 Å². The Hall–Kier alpha value is -3.45. The fourth-order valence-electron chi connectivity index (χ4n) is 3.47. The summed E-state index contributed by atoms with van der Waals surface area (Å²) in [7, 11) is 0. The normalized spacial score (nSPS) is 15.9. The van der Waals surface area contributed by atoms with Crippen LogP contribution in [0.25, 0.3) is 16.2 Å². The van der Waals surface area contributed by atoms with Gasteiger partial charge >= 0.3 is 0 Å². The summed E-state index contributed by atoms with van der Waals surface area (Å²) in [6.07, 6.45) is 4.10. The van der Waals surface area contributed by atoms with Gasteiger partial charge in [-0.2, -0.15) is 0 Å². The third kappa shape index (κ3) is 2.95. The van der Waals surface area contributed by atoms with Gasteiger partial charge in [0.25, 0.3) is 0 Å². The molecule has 2 N–H and O–H groups in total. The van der Waals surface area contributed by atoms with Crippen molar-refractivity contribution in [2.24, 2.45) is 0 Å². The largest absolute Gasteiger partial charge is 0.326 e. The van der Waals surface area contributed by atoms with Gasteiger partial charge in [-0.15, -0.1) is 11.3 Å². The van der Waals surface area contributed by atoms with Crippen LogP contribution in [0.1, 0.15) is 17.9 Å². The summed E-state index contributed by atoms with van der Waals surface area (Å²) in [5.74, 6) is -0.823. The van der Waals surface area contributed by atoms with E-state index in [0.29, 0.717) is 11.4 Å². The van der Waals surface area contributed by atoms with E-state index in [9.17, 15) is 9.59 Å². The highest BCUT2D eigenvalue weighted by atomic mass is 32.1. The average molecular weight is 388 g/mol. The van der Waals surface area contributed by atoms with Gasteiger partial charge in [0.05, 0.1) is 11.6 Å². The SMILES string of the molecule is O=C1CC(C(=O)Nc2ccc(-c3cn4ccsc4n3)cc2)c2ccccc2N1. The first-order chi connectivity index (χ1) is 13.7. The summed E-state index contributed by atoms with van der Waals surface area (Å²) in [4.78, 5) is 30.3. The number of carbonyl (C=O) groups excluding carboxylic acids is 2. The first kappa shape index (κ1) is 16.7. The number of benzene rings is 2. The fraction of sp³-hybridized carbons (Fsp3) is 0.0952. The summed E-state index contributed by atoms with van der Waals surface area (Å²) in [5, 5.41) is 7.74. The fourth-order valence-corrected chi connectivity index (χ4v) is 4.17. The smallest absolute Gasteiger partial charge is 0.232 e. The Morgan fingerprint density at radius 2 is 2.00 bits per heavy atom. The van der Waals surface area contributed by atoms with Gasteiger partial charge in [-0.3, -0.25) is 14.0 Å². The van der Waals surface area contributed by atoms with Gasteiger partial charge in [-0.1, -0.05) is 30.3 Å². The van der Waals surface area contributed by atoms with Crippen molar-refractivity contribution >= 4 is 39.5 Å². The number of imidazole rings is 1. The number of amides is 2. The number of hydrogen-bond acceptors (Lipinski definition) is 4. The molecule has 0 fully saturated rings. The maximum atomic E-state index is 12.8. The van der Waals surface area contributed by atoms with Crippen molar-refractivity contribution in [2.45, 2.75) is 12.3 Å². The zero-order valence-electron chi connectivity index (χ0n) is 14.8. The molecule has 0 aliphatic carbocycles. The third-order valence-corrected chi connectivity index (χ3v) is 5.63. The molecule has 1 unspecified atom stereocenters. The highest BCUT2D eigenvalue weighted by molar-refractivity contribution is 7.15. The number of fused-ring (bicyclic) bond motifs is 2. The van der Waals surface area contributed by atoms with Gasteiger partial charge in [-0.05, 0) is 23.8 Å². The Balaban J connectivity index is 1.35. The summed E-state index contributed by atoms with van der Waals surface area (Å²) >= 11 is 1.59. The number of thiazole rings is 1. The van der Waals surface area contributed by atoms with E-state index in [2.05, 4.69) is 15.6 Å². The monoisotopic (exact) mass is 388 g/mol. The lowest BCUT2D eigenvalue weighted by atomic mass is 9.90. The van der Waals surface area contributed by atoms with Crippen molar-refractivity contribution in [1.29, 1.82) is 0 Å². The number of anilines is 2. The molecule has 1 atom stereocenters. The molecule has 0 saturated carbocycles. The lowest BCUT2D eigenvalue weighted by Gasteiger charge is -2.24. The van der Waals surface area contributed by atoms with E-state index in [4.69, 9.17) is 0 Å². The van der Waals surface area contributed by atoms with Crippen LogP contribution in [0.4, 0.5) is 11.4 Å². The van der Waals surface area contributed by atoms with Crippen LogP contribution in [-0.2, 0) is 9.59 Å². The number of nitrogens with one attached hydrogen (secondary N) is 2. The zero-order valence-corrected chi connectivity index (χ0v) is 15.6. The Morgan fingerprint density at radius 1 is 1.18 bits per heavy atom. The molecule has 3 heterocycles. The number of nitrogens with zero attached hydrogens (tertiary/aromatic N) is 2. The highest BCUT2D eigenvalue weighted by Gasteiger charge is 2.30. The molecule has 0 spiro atoms. The van der Waals surface area contributed by atoms with Gasteiger partial charge in [-0.25, -0.2) is 4.98 Å². The van der Waals surface area contributed by atoms with Crippen molar-refractivity contribution in [2.75, 3.05) is 10.6 Å². The maximum Gasteiger partial charge on any atom is 0.232 e. The first-order valence-corrected chi connectivity index (χ1v) is 9.77. The Bertz CT molecular complexity index is 1160. The summed E-state index contributed by atoms with van der Waals surface area (Å²) in [5.41, 5.74) is 4.11. The second kappa shape index (κ2) is 6.61. The second-order valence-electron chi connectivity index (χ2n) is 6.68. The van der Waals surface area contributed by atoms with Gasteiger partial charge < -0.3 is 10.6 Å². The number of aromatic nitrogens is 2. The second-order valence-corrected chi connectivity index (χ2v) is 7.55. The Morgan fingerprint density at radius 3 is 2.82 bits per heavy atom. The van der Waals surface area contributed by atoms with Crippen LogP contribution in [0.3, 0.4) is 0 Å². The Labute approximate surface area is 164 Å². The van der Waals surface area contributed by atoms with Crippen molar-refractivity contribution < 1.29 is 9.59 Å². The van der Waals surface area contributed by atoms with E-state index >= 15 is 0 Å². The molecule has 4 aromatic rings. The maximum absolute atomic E-state index is 12.8. The number of rotatable bonds is 3. The van der Waals surface area contributed by atoms with Crippen molar-refractivity contribution in [3.05, 3.63) is 71.9 Å². The minimum Gasteiger partial charge on any atom is -0.326 e. The van der Waals surface area contributed by atoms with Crippen LogP contribution in [0.15, 0.2) is 66.3 Å². The summed E-state index contributed by atoms with van der Waals surface area (Å²) < 4.78 is 1.99. The number of hydrogen-bond donors (Lipinski definition) is 2. The molecular weight excluding hydrogens is 372 g/mol. The van der Waals surface area contributed by atoms with Crippen LogP contribution < -0.4 is 10.6 Å². The van der Waals surface area contributed by atoms with Gasteiger partial charge in [0.15, 0.2) is 4.96 Å². The van der Waals surface area contributed by atoms with E-state index in [-0.39, 0.29) is 18.2 Å². The molecular formula is C21H16N4O2S. The van der Waals surface area contributed by atoms with Crippen LogP contribution >= 0.6 is 11.3 Å². The summed E-state index contributed by atoms with van der Waals surface area (Å²) in [6.45, 7) is 0. The van der Waals surface area contributed by atoms with E-state index in [0.717, 1.165) is 21.8 Å². The number of para-hydroxylation sites is 1. The highest BCUT2D eigenvalue weighted by Crippen LogP contribution is 2.33. The minimum absolute atomic E-state index is 0.144. The van der Waals surface area contributed by atoms with E-state index in [1.165, 1.54) is 0 Å². The van der Waals surface area contributed by atoms with E-state index in [1.54, 1.807) is 11.3 Å². The van der Waals surface area contributed by atoms with Crippen molar-refractivity contribution in [1.82, 2.24) is 9.38 Å². The standard InChI is InChI=1S/C21H16N4O2S/c26-19-11-16(15-3-1-2-4-17(15)23-19)20(27)22-14-7-5-13(6-8-14)18-12-25-9-10-28-21(25)24-18/h1-10,12,16H,11H2,(H,22,27)(H,23,26). The molecule has 1 aliphatic rings. The molecule has 0 bridgehead atoms. The molecule has 2 aromatic carbocycles. The zero-order chi connectivity index (χ0) is 19.1. The van der Waals surface area contributed by atoms with Gasteiger partial charge in [0.2, 0.25) is 11.8 Å². The molecule has 0 radical (unpaired) electrons. The van der Waals surface area contributed by atoms with Crippen LogP contribution in [0.5, 0.6) is 0 Å². The molecule has 1 aliphatic heterocycles. The lowest BCUT2D eigenvalue weighted by molar-refractivity contribution is -0.123. The third-order valence-electron chi connectivity index (χ3n) is 4.86. The number of carbonyl (C=O) groups is 2. The van der Waals surface area contributed by atoms with Crippen LogP contribution in [-0.4, -0.2) is 21.2 Å². The molecule has 7 heteroatoms. The predicted octanol–water partition coefficient (Wildman–Crippen LogP) is 4.13. The topological polar surface area (TPSA) is 75.5 Å². The molecule has 2 aromatic heterocycles. The molecule has 6 nitrogen and oxygen atoms in total. The summed E-state index contributed by atoms with van der Waals surface area (Å²) in [6, 6.07) is 15.0. The van der Waals surface area contributed by atoms with Gasteiger partial charge in [0.1, 0.15) is 0 Å². The molecule has 5 rings (SSSR count). The minimum atomic E-state index is -0.496. The van der Waals surface area contributed by atoms with E-state index in [1.807, 2.05) is 70.7 Å². The average Bonchev–Trinajstić information content (AvgIpc) is 3.30. The quantitative estimate of drug-likeness (QED) is 0.554. The van der Waals surface area contributed by atoms with Gasteiger partial charge in [0, 0.05) is 41.1 Å². The first-order valence-electron chi connectivity index (χ1n) is 8.90. The molecule has 28 heavy (non-hydrogen) atoms. The van der Waals surface area contributed by atoms with Crippen molar-refractivity contribution in [3.63, 3.8) is 0 Å². The predicted molar refractivity (Wildman–Crippen MR) is 110 cm³/mol. The van der Waals surface area contributed by atoms with Crippen LogP contribution in [0, 0.1) is 0 Å². The Kier molecular flexibility index (Phi) is 3.95. The van der Waals surface area contributed by atoms with E-state index < -0.39 is 5.92 Å². The lowest BCUT2D eigenvalue weighted by Crippen LogP contribution is -2.30. The van der Waals surface area contributed by atoms with Crippen molar-refractivity contribution in [3.8, 4) is 11.3 Å².